The fourth-order valence-electron chi connectivity index (χ4n) is 2.39. The lowest BCUT2D eigenvalue weighted by atomic mass is 10.1. The third kappa shape index (κ3) is 17.7. The quantitative estimate of drug-likeness (QED) is 0.175. The highest BCUT2D eigenvalue weighted by Gasteiger charge is 2.08. The molecule has 0 aliphatic heterocycles. The van der Waals surface area contributed by atoms with Crippen LogP contribution in [0.1, 0.15) is 59.3 Å². The maximum Gasteiger partial charge on any atom is 0.220 e. The lowest BCUT2D eigenvalue weighted by Crippen LogP contribution is -2.29. The van der Waals surface area contributed by atoms with E-state index in [9.17, 15) is 20.1 Å². The topological polar surface area (TPSA) is 89.8 Å². The summed E-state index contributed by atoms with van der Waals surface area (Å²) in [6, 6.07) is 0.0966. The van der Waals surface area contributed by atoms with E-state index in [-0.39, 0.29) is 24.1 Å². The predicted molar refractivity (Wildman–Crippen MR) is 125 cm³/mol. The molecule has 0 rings (SSSR count). The number of nitrogens with one attached hydrogen (secondary N) is 1. The van der Waals surface area contributed by atoms with Gasteiger partial charge in [-0.25, -0.2) is 0 Å². The number of aliphatic hydroxyl groups is 3. The molecular formula is C25H39NO4. The number of hydrogen-bond donors (Lipinski definition) is 4. The van der Waals surface area contributed by atoms with E-state index in [0.29, 0.717) is 25.7 Å². The van der Waals surface area contributed by atoms with Gasteiger partial charge in [-0.1, -0.05) is 67.7 Å². The molecular weight excluding hydrogens is 378 g/mol. The Kier molecular flexibility index (Phi) is 17.2. The molecule has 5 heteroatoms. The summed E-state index contributed by atoms with van der Waals surface area (Å²) in [6.45, 7) is 5.85. The van der Waals surface area contributed by atoms with Crippen molar-refractivity contribution in [2.24, 2.45) is 0 Å². The summed E-state index contributed by atoms with van der Waals surface area (Å²) in [6.07, 6.45) is 22.3. The normalized spacial score (nSPS) is 15.5. The molecule has 0 spiro atoms. The summed E-state index contributed by atoms with van der Waals surface area (Å²) >= 11 is 0. The molecule has 0 aromatic carbocycles. The number of carbonyl (C=O) groups excluding carboxylic acids is 1. The number of allylic oxidation sites excluding steroid dienone is 9. The highest BCUT2D eigenvalue weighted by Crippen LogP contribution is 2.08. The van der Waals surface area contributed by atoms with Crippen molar-refractivity contribution >= 4 is 5.91 Å². The second kappa shape index (κ2) is 18.6. The molecule has 0 saturated heterocycles. The van der Waals surface area contributed by atoms with Gasteiger partial charge >= 0.3 is 0 Å². The van der Waals surface area contributed by atoms with Crippen molar-refractivity contribution in [1.82, 2.24) is 5.32 Å². The highest BCUT2D eigenvalue weighted by atomic mass is 16.3. The minimum absolute atomic E-state index is 0.0666. The average Bonchev–Trinajstić information content (AvgIpc) is 2.68. The zero-order chi connectivity index (χ0) is 22.6. The van der Waals surface area contributed by atoms with Gasteiger partial charge in [-0.15, -0.1) is 0 Å². The second-order valence-electron chi connectivity index (χ2n) is 7.25. The first-order chi connectivity index (χ1) is 14.4. The molecule has 0 unspecified atom stereocenters. The van der Waals surface area contributed by atoms with Crippen LogP contribution in [-0.2, 0) is 4.79 Å². The fraction of sp³-hybridized carbons (Fsp3) is 0.480. The minimum atomic E-state index is -0.921. The minimum Gasteiger partial charge on any atom is -0.510 e. The van der Waals surface area contributed by atoms with Gasteiger partial charge in [0.25, 0.3) is 0 Å². The third-order valence-electron chi connectivity index (χ3n) is 3.93. The standard InChI is InChI=1S/C25H39NO4/c1-4-5-12-16-22(27)17-13-10-8-6-7-9-11-14-18-23(28)24(29)19-15-20-25(30)26-21(2)3/h5-13,17,19,21-23,27-29H,4,14-16,18,20H2,1-3H3,(H,26,30)/b7-6+,10-8-,11-9+,12-5-,17-13+,24-19+/t22-,23+/m0/s1. The van der Waals surface area contributed by atoms with Crippen LogP contribution < -0.4 is 5.32 Å². The summed E-state index contributed by atoms with van der Waals surface area (Å²) in [7, 11) is 0. The molecule has 0 heterocycles. The molecule has 30 heavy (non-hydrogen) atoms. The Morgan fingerprint density at radius 1 is 0.933 bits per heavy atom. The van der Waals surface area contributed by atoms with Crippen LogP contribution in [0.5, 0.6) is 0 Å². The van der Waals surface area contributed by atoms with Gasteiger partial charge < -0.3 is 20.6 Å². The van der Waals surface area contributed by atoms with Crippen LogP contribution in [0.15, 0.2) is 72.6 Å². The summed E-state index contributed by atoms with van der Waals surface area (Å²) < 4.78 is 0. The van der Waals surface area contributed by atoms with E-state index in [1.54, 1.807) is 6.08 Å². The molecule has 0 aromatic heterocycles. The van der Waals surface area contributed by atoms with Crippen LogP contribution in [0.3, 0.4) is 0 Å². The monoisotopic (exact) mass is 417 g/mol. The molecule has 5 nitrogen and oxygen atoms in total. The van der Waals surface area contributed by atoms with Gasteiger partial charge in [0.1, 0.15) is 11.9 Å². The maximum atomic E-state index is 11.5. The fourth-order valence-corrected chi connectivity index (χ4v) is 2.39. The van der Waals surface area contributed by atoms with Crippen molar-refractivity contribution in [3.05, 3.63) is 72.6 Å². The van der Waals surface area contributed by atoms with Crippen molar-refractivity contribution in [2.45, 2.75) is 77.5 Å². The van der Waals surface area contributed by atoms with E-state index in [1.807, 2.05) is 68.5 Å². The van der Waals surface area contributed by atoms with Crippen LogP contribution >= 0.6 is 0 Å². The van der Waals surface area contributed by atoms with E-state index >= 15 is 0 Å². The summed E-state index contributed by atoms with van der Waals surface area (Å²) in [5, 5.41) is 32.2. The third-order valence-corrected chi connectivity index (χ3v) is 3.93. The van der Waals surface area contributed by atoms with E-state index in [0.717, 1.165) is 6.42 Å². The second-order valence-corrected chi connectivity index (χ2v) is 7.25. The van der Waals surface area contributed by atoms with Crippen LogP contribution in [0.2, 0.25) is 0 Å². The van der Waals surface area contributed by atoms with Crippen molar-refractivity contribution < 1.29 is 20.1 Å². The number of amides is 1. The zero-order valence-electron chi connectivity index (χ0n) is 18.6. The predicted octanol–water partition coefficient (Wildman–Crippen LogP) is 4.82. The number of hydrogen-bond acceptors (Lipinski definition) is 4. The van der Waals surface area contributed by atoms with Gasteiger partial charge in [-0.05, 0) is 52.0 Å². The largest absolute Gasteiger partial charge is 0.510 e. The van der Waals surface area contributed by atoms with Gasteiger partial charge in [0.05, 0.1) is 6.10 Å². The van der Waals surface area contributed by atoms with Crippen molar-refractivity contribution in [2.75, 3.05) is 0 Å². The molecule has 0 aromatic rings. The summed E-state index contributed by atoms with van der Waals surface area (Å²) in [5.41, 5.74) is 0. The Labute approximate surface area is 181 Å². The van der Waals surface area contributed by atoms with Crippen LogP contribution in [0.25, 0.3) is 0 Å². The van der Waals surface area contributed by atoms with Gasteiger partial charge in [0.2, 0.25) is 5.91 Å². The molecule has 0 bridgehead atoms. The molecule has 0 aliphatic rings. The molecule has 1 amide bonds. The van der Waals surface area contributed by atoms with E-state index in [1.165, 1.54) is 6.08 Å². The Balaban J connectivity index is 4.03. The Hall–Kier alpha value is -2.37. The smallest absolute Gasteiger partial charge is 0.220 e. The maximum absolute atomic E-state index is 11.5. The molecule has 0 radical (unpaired) electrons. The Morgan fingerprint density at radius 2 is 1.60 bits per heavy atom. The van der Waals surface area contributed by atoms with E-state index in [2.05, 4.69) is 12.2 Å². The average molecular weight is 418 g/mol. The Morgan fingerprint density at radius 3 is 2.27 bits per heavy atom. The van der Waals surface area contributed by atoms with Gasteiger partial charge in [-0.3, -0.25) is 4.79 Å². The highest BCUT2D eigenvalue weighted by molar-refractivity contribution is 5.76. The lowest BCUT2D eigenvalue weighted by Gasteiger charge is -2.09. The van der Waals surface area contributed by atoms with Crippen LogP contribution in [0, 0.1) is 0 Å². The van der Waals surface area contributed by atoms with Crippen molar-refractivity contribution in [1.29, 1.82) is 0 Å². The number of aliphatic hydroxyl groups excluding tert-OH is 3. The van der Waals surface area contributed by atoms with E-state index < -0.39 is 12.2 Å². The molecule has 2 atom stereocenters. The SMILES string of the molecule is CC/C=C\C[C@H](O)/C=C/C=C\C=C\C=C\CC[C@@H](O)/C(O)=C\CCC(=O)NC(C)C. The first kappa shape index (κ1) is 27.6. The Bertz CT molecular complexity index is 627. The van der Waals surface area contributed by atoms with Gasteiger partial charge in [0, 0.05) is 12.5 Å². The molecule has 0 saturated carbocycles. The summed E-state index contributed by atoms with van der Waals surface area (Å²) in [4.78, 5) is 11.5. The van der Waals surface area contributed by atoms with Crippen molar-refractivity contribution in [3.63, 3.8) is 0 Å². The lowest BCUT2D eigenvalue weighted by molar-refractivity contribution is -0.121. The van der Waals surface area contributed by atoms with Gasteiger partial charge in [-0.2, -0.15) is 0 Å². The molecule has 168 valence electrons. The van der Waals surface area contributed by atoms with Crippen LogP contribution in [-0.4, -0.2) is 39.5 Å². The molecule has 0 aliphatic carbocycles. The molecule has 4 N–H and O–H groups in total. The number of rotatable bonds is 15. The molecule has 0 fully saturated rings. The first-order valence-electron chi connectivity index (χ1n) is 10.7. The van der Waals surface area contributed by atoms with Crippen LogP contribution in [0.4, 0.5) is 0 Å². The first-order valence-corrected chi connectivity index (χ1v) is 10.7. The zero-order valence-corrected chi connectivity index (χ0v) is 18.6. The summed E-state index contributed by atoms with van der Waals surface area (Å²) in [5.74, 6) is -0.151. The number of carbonyl (C=O) groups is 1. The van der Waals surface area contributed by atoms with Crippen molar-refractivity contribution in [3.8, 4) is 0 Å². The van der Waals surface area contributed by atoms with Gasteiger partial charge in [0.15, 0.2) is 0 Å². The van der Waals surface area contributed by atoms with E-state index in [4.69, 9.17) is 0 Å².